The van der Waals surface area contributed by atoms with Gasteiger partial charge in [0.2, 0.25) is 0 Å². The van der Waals surface area contributed by atoms with E-state index in [2.05, 4.69) is 30.1 Å². The van der Waals surface area contributed by atoms with Crippen LogP contribution in [0.2, 0.25) is 0 Å². The van der Waals surface area contributed by atoms with Gasteiger partial charge < -0.3 is 9.72 Å². The first-order valence-corrected chi connectivity index (χ1v) is 7.67. The van der Waals surface area contributed by atoms with Crippen molar-refractivity contribution >= 4 is 28.6 Å². The molecule has 0 aliphatic heterocycles. The van der Waals surface area contributed by atoms with Crippen molar-refractivity contribution in [1.82, 2.24) is 4.98 Å². The third kappa shape index (κ3) is 3.53. The molecule has 0 amide bonds. The van der Waals surface area contributed by atoms with Gasteiger partial charge in [0, 0.05) is 10.9 Å². The van der Waals surface area contributed by atoms with Gasteiger partial charge in [-0.2, -0.15) is 11.8 Å². The first-order valence-electron chi connectivity index (χ1n) is 6.52. The van der Waals surface area contributed by atoms with Crippen LogP contribution < -0.4 is 0 Å². The molecule has 4 heteroatoms. The van der Waals surface area contributed by atoms with E-state index in [1.54, 1.807) is 0 Å². The molecular weight excluding hydrogens is 258 g/mol. The van der Waals surface area contributed by atoms with Gasteiger partial charge in [0.05, 0.1) is 7.11 Å². The number of hydrogen-bond donors (Lipinski definition) is 1. The molecule has 2 rings (SSSR count). The van der Waals surface area contributed by atoms with Crippen molar-refractivity contribution in [3.8, 4) is 0 Å². The maximum atomic E-state index is 11.5. The molecule has 0 aliphatic carbocycles. The van der Waals surface area contributed by atoms with E-state index < -0.39 is 0 Å². The largest absolute Gasteiger partial charge is 0.464 e. The summed E-state index contributed by atoms with van der Waals surface area (Å²) in [6, 6.07) is 8.13. The van der Waals surface area contributed by atoms with Gasteiger partial charge in [-0.15, -0.1) is 0 Å². The Labute approximate surface area is 117 Å². The lowest BCUT2D eigenvalue weighted by atomic mass is 10.1. The van der Waals surface area contributed by atoms with Gasteiger partial charge in [0.1, 0.15) is 5.69 Å². The van der Waals surface area contributed by atoms with E-state index in [4.69, 9.17) is 4.74 Å². The summed E-state index contributed by atoms with van der Waals surface area (Å²) in [4.78, 5) is 14.6. The lowest BCUT2D eigenvalue weighted by Crippen LogP contribution is -2.00. The molecule has 1 heterocycles. The second-order valence-electron chi connectivity index (χ2n) is 4.46. The van der Waals surface area contributed by atoms with Crippen LogP contribution in [0, 0.1) is 0 Å². The van der Waals surface area contributed by atoms with E-state index >= 15 is 0 Å². The average Bonchev–Trinajstić information content (AvgIpc) is 2.85. The fourth-order valence-electron chi connectivity index (χ4n) is 1.99. The number of ether oxygens (including phenoxy) is 1. The maximum absolute atomic E-state index is 11.5. The number of nitrogens with one attached hydrogen (secondary N) is 1. The first kappa shape index (κ1) is 14.0. The number of H-pyrrole nitrogens is 1. The van der Waals surface area contributed by atoms with E-state index in [-0.39, 0.29) is 5.97 Å². The molecule has 0 spiro atoms. The van der Waals surface area contributed by atoms with Crippen molar-refractivity contribution in [3.63, 3.8) is 0 Å². The van der Waals surface area contributed by atoms with Crippen LogP contribution in [-0.2, 0) is 11.2 Å². The summed E-state index contributed by atoms with van der Waals surface area (Å²) in [5, 5.41) is 1.05. The zero-order chi connectivity index (χ0) is 13.7. The number of carbonyl (C=O) groups is 1. The molecule has 0 unspecified atom stereocenters. The molecule has 0 bridgehead atoms. The number of esters is 1. The van der Waals surface area contributed by atoms with E-state index in [1.165, 1.54) is 24.8 Å². The number of rotatable bonds is 6. The topological polar surface area (TPSA) is 42.1 Å². The van der Waals surface area contributed by atoms with Crippen molar-refractivity contribution in [2.24, 2.45) is 0 Å². The Balaban J connectivity index is 2.09. The summed E-state index contributed by atoms with van der Waals surface area (Å²) in [5.41, 5.74) is 2.81. The van der Waals surface area contributed by atoms with Crippen LogP contribution in [0.1, 0.15) is 29.4 Å². The van der Waals surface area contributed by atoms with Gasteiger partial charge in [0.25, 0.3) is 0 Å². The minimum Gasteiger partial charge on any atom is -0.464 e. The molecule has 3 nitrogen and oxygen atoms in total. The Kier molecular flexibility index (Phi) is 4.91. The minimum absolute atomic E-state index is 0.323. The highest BCUT2D eigenvalue weighted by Crippen LogP contribution is 2.19. The van der Waals surface area contributed by atoms with Crippen LogP contribution >= 0.6 is 11.8 Å². The van der Waals surface area contributed by atoms with Crippen LogP contribution in [0.25, 0.3) is 10.9 Å². The summed E-state index contributed by atoms with van der Waals surface area (Å²) >= 11 is 1.98. The van der Waals surface area contributed by atoms with E-state index in [9.17, 15) is 4.79 Å². The van der Waals surface area contributed by atoms with Crippen molar-refractivity contribution in [3.05, 3.63) is 35.5 Å². The smallest absolute Gasteiger partial charge is 0.354 e. The quantitative estimate of drug-likeness (QED) is 0.647. The monoisotopic (exact) mass is 277 g/mol. The zero-order valence-corrected chi connectivity index (χ0v) is 12.2. The van der Waals surface area contributed by atoms with Gasteiger partial charge >= 0.3 is 5.97 Å². The fraction of sp³-hybridized carbons (Fsp3) is 0.400. The number of aryl methyl sites for hydroxylation is 1. The summed E-state index contributed by atoms with van der Waals surface area (Å²) in [5.74, 6) is 2.04. The van der Waals surface area contributed by atoms with Crippen molar-refractivity contribution < 1.29 is 9.53 Å². The molecule has 0 aliphatic rings. The summed E-state index contributed by atoms with van der Waals surface area (Å²) in [6.07, 6.45) is 2.29. The van der Waals surface area contributed by atoms with E-state index in [0.717, 1.165) is 23.1 Å². The second-order valence-corrected chi connectivity index (χ2v) is 5.68. The highest BCUT2D eigenvalue weighted by molar-refractivity contribution is 7.99. The van der Waals surface area contributed by atoms with E-state index in [0.29, 0.717) is 5.69 Å². The molecule has 102 valence electrons. The molecule has 1 aromatic carbocycles. The fourth-order valence-corrected chi connectivity index (χ4v) is 2.86. The summed E-state index contributed by atoms with van der Waals surface area (Å²) in [6.45, 7) is 2.20. The number of methoxy groups -OCH3 is 1. The predicted molar refractivity (Wildman–Crippen MR) is 81.0 cm³/mol. The third-order valence-electron chi connectivity index (χ3n) is 2.98. The zero-order valence-electron chi connectivity index (χ0n) is 11.4. The molecule has 0 radical (unpaired) electrons. The minimum atomic E-state index is -0.323. The third-order valence-corrected chi connectivity index (χ3v) is 4.17. The van der Waals surface area contributed by atoms with Crippen LogP contribution in [-0.4, -0.2) is 29.6 Å². The molecule has 2 aromatic rings. The molecule has 19 heavy (non-hydrogen) atoms. The highest BCUT2D eigenvalue weighted by Gasteiger charge is 2.09. The average molecular weight is 277 g/mol. The number of aromatic nitrogens is 1. The van der Waals surface area contributed by atoms with Crippen LogP contribution in [0.4, 0.5) is 0 Å². The van der Waals surface area contributed by atoms with Gasteiger partial charge in [-0.05, 0) is 42.0 Å². The molecular formula is C15H19NO2S. The molecule has 0 fully saturated rings. The number of benzene rings is 1. The predicted octanol–water partition coefficient (Wildman–Crippen LogP) is 3.64. The number of aromatic amines is 1. The van der Waals surface area contributed by atoms with Crippen LogP contribution in [0.3, 0.4) is 0 Å². The Morgan fingerprint density at radius 2 is 2.16 bits per heavy atom. The van der Waals surface area contributed by atoms with Gasteiger partial charge in [0.15, 0.2) is 0 Å². The van der Waals surface area contributed by atoms with Crippen molar-refractivity contribution in [2.75, 3.05) is 18.6 Å². The summed E-state index contributed by atoms with van der Waals surface area (Å²) in [7, 11) is 1.39. The van der Waals surface area contributed by atoms with E-state index in [1.807, 2.05) is 17.8 Å². The number of fused-ring (bicyclic) bond motifs is 1. The van der Waals surface area contributed by atoms with Crippen molar-refractivity contribution in [1.29, 1.82) is 0 Å². The number of thioether (sulfide) groups is 1. The van der Waals surface area contributed by atoms with Crippen molar-refractivity contribution in [2.45, 2.75) is 19.8 Å². The molecule has 1 aromatic heterocycles. The van der Waals surface area contributed by atoms with Gasteiger partial charge in [-0.25, -0.2) is 4.79 Å². The Hall–Kier alpha value is -1.42. The Morgan fingerprint density at radius 3 is 2.89 bits per heavy atom. The SMILES string of the molecule is CCCSCCc1ccc2cc(C(=O)OC)[nH]c2c1. The molecule has 0 atom stereocenters. The number of hydrogen-bond acceptors (Lipinski definition) is 3. The number of carbonyl (C=O) groups excluding carboxylic acids is 1. The molecule has 1 N–H and O–H groups in total. The lowest BCUT2D eigenvalue weighted by Gasteiger charge is -2.01. The second kappa shape index (κ2) is 6.66. The Morgan fingerprint density at radius 1 is 1.32 bits per heavy atom. The van der Waals surface area contributed by atoms with Gasteiger partial charge in [-0.3, -0.25) is 0 Å². The standard InChI is InChI=1S/C15H19NO2S/c1-3-7-19-8-6-11-4-5-12-10-14(15(17)18-2)16-13(12)9-11/h4-5,9-10,16H,3,6-8H2,1-2H3. The van der Waals surface area contributed by atoms with Gasteiger partial charge in [-0.1, -0.05) is 19.1 Å². The van der Waals surface area contributed by atoms with Crippen LogP contribution in [0.5, 0.6) is 0 Å². The maximum Gasteiger partial charge on any atom is 0.354 e. The Bertz CT molecular complexity index is 562. The molecule has 0 saturated heterocycles. The first-order chi connectivity index (χ1) is 9.24. The lowest BCUT2D eigenvalue weighted by molar-refractivity contribution is 0.0595. The molecule has 0 saturated carbocycles. The summed E-state index contributed by atoms with van der Waals surface area (Å²) < 4.78 is 4.71. The highest BCUT2D eigenvalue weighted by atomic mass is 32.2. The van der Waals surface area contributed by atoms with Crippen LogP contribution in [0.15, 0.2) is 24.3 Å². The normalized spacial score (nSPS) is 10.8.